The van der Waals surface area contributed by atoms with Gasteiger partial charge in [-0.25, -0.2) is 0 Å². The average molecular weight is 433 g/mol. The lowest BCUT2D eigenvalue weighted by Gasteiger charge is -2.62. The molecule has 0 radical (unpaired) electrons. The van der Waals surface area contributed by atoms with Crippen molar-refractivity contribution in [3.8, 4) is 0 Å². The third-order valence-corrected chi connectivity index (χ3v) is 11.2. The molecular weight excluding hydrogens is 384 g/mol. The van der Waals surface area contributed by atoms with Crippen molar-refractivity contribution in [2.24, 2.45) is 58.2 Å². The first-order valence-electron chi connectivity index (χ1n) is 13.2. The van der Waals surface area contributed by atoms with E-state index >= 15 is 0 Å². The first kappa shape index (κ1) is 23.8. The fourth-order valence-corrected chi connectivity index (χ4v) is 8.87. The first-order chi connectivity index (χ1) is 14.5. The molecule has 0 aromatic rings. The number of aliphatic hydroxyl groups is 3. The number of hydrogen-bond acceptors (Lipinski definition) is 3. The zero-order chi connectivity index (χ0) is 22.7. The second-order valence-corrected chi connectivity index (χ2v) is 12.9. The highest BCUT2D eigenvalue weighted by molar-refractivity contribution is 5.16. The first-order valence-corrected chi connectivity index (χ1v) is 13.2. The second-order valence-electron chi connectivity index (χ2n) is 12.9. The van der Waals surface area contributed by atoms with E-state index in [0.29, 0.717) is 35.5 Å². The van der Waals surface area contributed by atoms with Crippen molar-refractivity contribution < 1.29 is 15.3 Å². The maximum Gasteiger partial charge on any atom is 0.0603 e. The van der Waals surface area contributed by atoms with E-state index in [9.17, 15) is 15.3 Å². The number of allylic oxidation sites excluding steroid dienone is 2. The average Bonchev–Trinajstić information content (AvgIpc) is 2.99. The Morgan fingerprint density at radius 3 is 2.23 bits per heavy atom. The highest BCUT2D eigenvalue weighted by atomic mass is 16.3. The van der Waals surface area contributed by atoms with Gasteiger partial charge in [0.1, 0.15) is 0 Å². The predicted molar refractivity (Wildman–Crippen MR) is 126 cm³/mol. The molecule has 178 valence electrons. The largest absolute Gasteiger partial charge is 0.393 e. The van der Waals surface area contributed by atoms with E-state index in [2.05, 4.69) is 53.7 Å². The molecule has 0 aliphatic heterocycles. The Labute approximate surface area is 190 Å². The van der Waals surface area contributed by atoms with E-state index < -0.39 is 0 Å². The number of fused-ring (bicyclic) bond motifs is 5. The van der Waals surface area contributed by atoms with E-state index in [0.717, 1.165) is 32.1 Å². The smallest absolute Gasteiger partial charge is 0.0603 e. The number of aliphatic hydroxyl groups excluding tert-OH is 3. The summed E-state index contributed by atoms with van der Waals surface area (Å²) in [5.74, 6) is 3.69. The summed E-state index contributed by atoms with van der Waals surface area (Å²) in [4.78, 5) is 0. The van der Waals surface area contributed by atoms with Gasteiger partial charge in [0.2, 0.25) is 0 Å². The van der Waals surface area contributed by atoms with Crippen LogP contribution in [0.4, 0.5) is 0 Å². The summed E-state index contributed by atoms with van der Waals surface area (Å²) >= 11 is 0. The third kappa shape index (κ3) is 3.75. The molecule has 0 bridgehead atoms. The summed E-state index contributed by atoms with van der Waals surface area (Å²) in [6, 6.07) is 0. The molecule has 3 heteroatoms. The molecule has 0 amide bonds. The van der Waals surface area contributed by atoms with Crippen LogP contribution in [0.15, 0.2) is 12.2 Å². The van der Waals surface area contributed by atoms with Crippen molar-refractivity contribution in [2.45, 2.75) is 105 Å². The van der Waals surface area contributed by atoms with Gasteiger partial charge in [0.05, 0.1) is 18.3 Å². The topological polar surface area (TPSA) is 60.7 Å². The van der Waals surface area contributed by atoms with Crippen LogP contribution < -0.4 is 0 Å². The van der Waals surface area contributed by atoms with E-state index in [1.807, 2.05) is 0 Å². The molecule has 4 aliphatic carbocycles. The van der Waals surface area contributed by atoms with Gasteiger partial charge in [0, 0.05) is 5.41 Å². The molecule has 4 saturated carbocycles. The Balaban J connectivity index is 1.59. The van der Waals surface area contributed by atoms with Gasteiger partial charge < -0.3 is 15.3 Å². The van der Waals surface area contributed by atoms with Crippen molar-refractivity contribution in [1.29, 1.82) is 0 Å². The summed E-state index contributed by atoms with van der Waals surface area (Å²) in [6.45, 7) is 13.8. The lowest BCUT2D eigenvalue weighted by molar-refractivity contribution is -0.174. The lowest BCUT2D eigenvalue weighted by Crippen LogP contribution is -2.59. The summed E-state index contributed by atoms with van der Waals surface area (Å²) in [7, 11) is 0. The fraction of sp³-hybridized carbons (Fsp3) is 0.929. The molecule has 4 aliphatic rings. The minimum absolute atomic E-state index is 0.128. The zero-order valence-electron chi connectivity index (χ0n) is 20.8. The molecule has 3 nitrogen and oxygen atoms in total. The van der Waals surface area contributed by atoms with Crippen LogP contribution in [-0.2, 0) is 0 Å². The van der Waals surface area contributed by atoms with E-state index in [-0.39, 0.29) is 41.0 Å². The van der Waals surface area contributed by atoms with Crippen LogP contribution in [0, 0.1) is 58.2 Å². The van der Waals surface area contributed by atoms with E-state index in [1.165, 1.54) is 12.8 Å². The van der Waals surface area contributed by atoms with Crippen LogP contribution in [-0.4, -0.2) is 33.6 Å². The van der Waals surface area contributed by atoms with Gasteiger partial charge in [0.25, 0.3) is 0 Å². The van der Waals surface area contributed by atoms with Crippen LogP contribution in [0.1, 0.15) is 86.5 Å². The molecular formula is C28H48O3. The van der Waals surface area contributed by atoms with Gasteiger partial charge in [0.15, 0.2) is 0 Å². The molecule has 4 fully saturated rings. The minimum atomic E-state index is -0.346. The lowest BCUT2D eigenvalue weighted by atomic mass is 9.43. The van der Waals surface area contributed by atoms with Crippen molar-refractivity contribution in [1.82, 2.24) is 0 Å². The summed E-state index contributed by atoms with van der Waals surface area (Å²) in [5, 5.41) is 33.2. The molecule has 0 aromatic carbocycles. The van der Waals surface area contributed by atoms with Crippen molar-refractivity contribution in [3.63, 3.8) is 0 Å². The Morgan fingerprint density at radius 2 is 1.55 bits per heavy atom. The van der Waals surface area contributed by atoms with Crippen LogP contribution in [0.25, 0.3) is 0 Å². The predicted octanol–water partition coefficient (Wildman–Crippen LogP) is 5.43. The summed E-state index contributed by atoms with van der Waals surface area (Å²) < 4.78 is 0. The van der Waals surface area contributed by atoms with Gasteiger partial charge in [-0.05, 0) is 97.7 Å². The number of rotatable bonds is 4. The SMILES string of the molecule is CC(C)C(C)C=CC(C)C1C(O)CC2C3CCC4CC(O)CCC4(C)C3CC(O)C21C. The molecule has 3 N–H and O–H groups in total. The van der Waals surface area contributed by atoms with Gasteiger partial charge in [-0.3, -0.25) is 0 Å². The summed E-state index contributed by atoms with van der Waals surface area (Å²) in [5.41, 5.74) is 0.0362. The van der Waals surface area contributed by atoms with Gasteiger partial charge in [-0.2, -0.15) is 0 Å². The molecule has 12 atom stereocenters. The molecule has 4 rings (SSSR count). The van der Waals surface area contributed by atoms with Crippen LogP contribution >= 0.6 is 0 Å². The van der Waals surface area contributed by atoms with Crippen molar-refractivity contribution >= 4 is 0 Å². The highest BCUT2D eigenvalue weighted by Gasteiger charge is 2.65. The molecule has 0 heterocycles. The monoisotopic (exact) mass is 432 g/mol. The summed E-state index contributed by atoms with van der Waals surface area (Å²) in [6.07, 6.45) is 10.9. The Bertz CT molecular complexity index is 673. The van der Waals surface area contributed by atoms with Gasteiger partial charge in [-0.15, -0.1) is 0 Å². The Kier molecular flexibility index (Phi) is 6.47. The fourth-order valence-electron chi connectivity index (χ4n) is 8.87. The molecule has 0 spiro atoms. The standard InChI is InChI=1S/C28H48O3/c1-16(2)17(3)7-8-18(4)26-24(30)14-23-21-10-9-19-13-20(29)11-12-27(19,5)22(21)15-25(31)28(23,26)6/h7-8,16-26,29-31H,9-15H2,1-6H3. The molecule has 31 heavy (non-hydrogen) atoms. The van der Waals surface area contributed by atoms with Gasteiger partial charge >= 0.3 is 0 Å². The van der Waals surface area contributed by atoms with Crippen LogP contribution in [0.2, 0.25) is 0 Å². The van der Waals surface area contributed by atoms with Gasteiger partial charge in [-0.1, -0.05) is 53.7 Å². The zero-order valence-corrected chi connectivity index (χ0v) is 20.8. The van der Waals surface area contributed by atoms with Crippen LogP contribution in [0.5, 0.6) is 0 Å². The number of hydrogen-bond donors (Lipinski definition) is 3. The molecule has 12 unspecified atom stereocenters. The third-order valence-electron chi connectivity index (χ3n) is 11.2. The molecule has 0 saturated heterocycles. The van der Waals surface area contributed by atoms with Crippen molar-refractivity contribution in [2.75, 3.05) is 0 Å². The minimum Gasteiger partial charge on any atom is -0.393 e. The Morgan fingerprint density at radius 1 is 0.839 bits per heavy atom. The van der Waals surface area contributed by atoms with E-state index in [4.69, 9.17) is 0 Å². The van der Waals surface area contributed by atoms with E-state index in [1.54, 1.807) is 0 Å². The quantitative estimate of drug-likeness (QED) is 0.519. The Hall–Kier alpha value is -0.380. The normalized spacial score (nSPS) is 51.9. The molecule has 0 aromatic heterocycles. The maximum absolute atomic E-state index is 11.7. The van der Waals surface area contributed by atoms with Crippen molar-refractivity contribution in [3.05, 3.63) is 12.2 Å². The highest BCUT2D eigenvalue weighted by Crippen LogP contribution is 2.68. The maximum atomic E-state index is 11.7. The van der Waals surface area contributed by atoms with Crippen LogP contribution in [0.3, 0.4) is 0 Å². The second kappa shape index (κ2) is 8.44.